The van der Waals surface area contributed by atoms with Gasteiger partial charge in [0, 0.05) is 13.2 Å². The minimum atomic E-state index is -3.35. The monoisotopic (exact) mass is 328 g/mol. The van der Waals surface area contributed by atoms with Gasteiger partial charge in [0.1, 0.15) is 5.76 Å². The van der Waals surface area contributed by atoms with Crippen molar-refractivity contribution in [1.29, 1.82) is 0 Å². The molecule has 3 atom stereocenters. The number of rotatable bonds is 4. The summed E-state index contributed by atoms with van der Waals surface area (Å²) in [5, 5.41) is 2.80. The van der Waals surface area contributed by atoms with Crippen LogP contribution in [0.5, 0.6) is 0 Å². The van der Waals surface area contributed by atoms with E-state index < -0.39 is 15.9 Å². The van der Waals surface area contributed by atoms with Crippen LogP contribution in [-0.4, -0.2) is 50.2 Å². The first kappa shape index (κ1) is 15.5. The number of fused-ring (bicyclic) bond motifs is 1. The molecule has 0 saturated carbocycles. The molecule has 7 nitrogen and oxygen atoms in total. The predicted octanol–water partition coefficient (Wildman–Crippen LogP) is 0.335. The molecule has 22 heavy (non-hydrogen) atoms. The lowest BCUT2D eigenvalue weighted by molar-refractivity contribution is -0.128. The van der Waals surface area contributed by atoms with Gasteiger partial charge in [0.25, 0.3) is 0 Å². The quantitative estimate of drug-likeness (QED) is 0.861. The number of hydrogen-bond acceptors (Lipinski definition) is 5. The van der Waals surface area contributed by atoms with Gasteiger partial charge in [-0.25, -0.2) is 8.42 Å². The van der Waals surface area contributed by atoms with E-state index in [0.717, 1.165) is 0 Å². The van der Waals surface area contributed by atoms with Crippen LogP contribution in [0.25, 0.3) is 0 Å². The number of amides is 1. The van der Waals surface area contributed by atoms with E-state index in [0.29, 0.717) is 31.8 Å². The highest BCUT2D eigenvalue weighted by atomic mass is 32.2. The zero-order chi connectivity index (χ0) is 15.7. The molecule has 0 radical (unpaired) electrons. The van der Waals surface area contributed by atoms with Gasteiger partial charge in [-0.3, -0.25) is 4.79 Å². The highest BCUT2D eigenvalue weighted by Gasteiger charge is 2.45. The Balaban J connectivity index is 1.67. The van der Waals surface area contributed by atoms with Crippen molar-refractivity contribution in [1.82, 2.24) is 9.62 Å². The average Bonchev–Trinajstić information content (AvgIpc) is 3.13. The van der Waals surface area contributed by atoms with E-state index >= 15 is 0 Å². The maximum atomic E-state index is 12.3. The second kappa shape index (κ2) is 6.02. The van der Waals surface area contributed by atoms with E-state index in [9.17, 15) is 13.2 Å². The molecule has 0 bridgehead atoms. The van der Waals surface area contributed by atoms with Gasteiger partial charge in [0.15, 0.2) is 0 Å². The van der Waals surface area contributed by atoms with Crippen LogP contribution in [-0.2, 0) is 26.1 Å². The molecule has 1 amide bonds. The number of nitrogens with zero attached hydrogens (tertiary/aromatic N) is 1. The maximum absolute atomic E-state index is 12.3. The van der Waals surface area contributed by atoms with Crippen LogP contribution in [0.15, 0.2) is 22.8 Å². The van der Waals surface area contributed by atoms with Gasteiger partial charge < -0.3 is 14.5 Å². The van der Waals surface area contributed by atoms with E-state index in [4.69, 9.17) is 9.15 Å². The van der Waals surface area contributed by atoms with Crippen molar-refractivity contribution in [2.24, 2.45) is 5.92 Å². The van der Waals surface area contributed by atoms with Crippen molar-refractivity contribution >= 4 is 15.9 Å². The second-order valence-corrected chi connectivity index (χ2v) is 7.76. The fourth-order valence-electron chi connectivity index (χ4n) is 3.20. The molecule has 2 aliphatic rings. The smallest absolute Gasteiger partial charge is 0.224 e. The molecule has 1 aromatic rings. The van der Waals surface area contributed by atoms with Crippen LogP contribution in [0.1, 0.15) is 18.6 Å². The van der Waals surface area contributed by atoms with E-state index in [-0.39, 0.29) is 24.6 Å². The molecule has 0 unspecified atom stereocenters. The summed E-state index contributed by atoms with van der Waals surface area (Å²) in [6.45, 7) is 1.06. The lowest BCUT2D eigenvalue weighted by atomic mass is 9.91. The minimum Gasteiger partial charge on any atom is -0.467 e. The molecule has 0 spiro atoms. The van der Waals surface area contributed by atoms with Gasteiger partial charge in [0.2, 0.25) is 15.9 Å². The van der Waals surface area contributed by atoms with Crippen molar-refractivity contribution in [3.05, 3.63) is 24.2 Å². The summed E-state index contributed by atoms with van der Waals surface area (Å²) in [6, 6.07) is 3.40. The molecular weight excluding hydrogens is 308 g/mol. The molecular formula is C14H20N2O5S. The summed E-state index contributed by atoms with van der Waals surface area (Å²) < 4.78 is 36.1. The number of carbonyl (C=O) groups is 1. The van der Waals surface area contributed by atoms with Crippen LogP contribution in [0.4, 0.5) is 0 Å². The molecule has 1 aromatic heterocycles. The summed E-state index contributed by atoms with van der Waals surface area (Å²) in [6.07, 6.45) is 3.79. The first-order valence-electron chi connectivity index (χ1n) is 7.33. The summed E-state index contributed by atoms with van der Waals surface area (Å²) in [7, 11) is -3.35. The minimum absolute atomic E-state index is 0.135. The molecule has 122 valence electrons. The second-order valence-electron chi connectivity index (χ2n) is 5.83. The van der Waals surface area contributed by atoms with Gasteiger partial charge in [0.05, 0.1) is 37.1 Å². The van der Waals surface area contributed by atoms with Crippen molar-refractivity contribution in [2.75, 3.05) is 19.4 Å². The van der Waals surface area contributed by atoms with Crippen molar-refractivity contribution in [3.8, 4) is 0 Å². The summed E-state index contributed by atoms with van der Waals surface area (Å²) in [5.41, 5.74) is 0. The normalized spacial score (nSPS) is 29.2. The van der Waals surface area contributed by atoms with E-state index in [1.165, 1.54) is 10.6 Å². The number of hydrogen-bond donors (Lipinski definition) is 1. The summed E-state index contributed by atoms with van der Waals surface area (Å²) >= 11 is 0. The third-order valence-electron chi connectivity index (χ3n) is 4.28. The zero-order valence-corrected chi connectivity index (χ0v) is 13.2. The topological polar surface area (TPSA) is 88.9 Å². The first-order chi connectivity index (χ1) is 10.4. The lowest BCUT2D eigenvalue weighted by Crippen LogP contribution is -2.54. The van der Waals surface area contributed by atoms with Gasteiger partial charge in [-0.15, -0.1) is 0 Å². The maximum Gasteiger partial charge on any atom is 0.224 e. The number of piperidine rings is 1. The van der Waals surface area contributed by atoms with Crippen molar-refractivity contribution in [2.45, 2.75) is 31.5 Å². The highest BCUT2D eigenvalue weighted by Crippen LogP contribution is 2.32. The third kappa shape index (κ3) is 3.18. The molecule has 2 fully saturated rings. The fraction of sp³-hybridized carbons (Fsp3) is 0.643. The Bertz CT molecular complexity index is 628. The van der Waals surface area contributed by atoms with Gasteiger partial charge >= 0.3 is 0 Å². The molecule has 1 N–H and O–H groups in total. The van der Waals surface area contributed by atoms with E-state index in [2.05, 4.69) is 5.32 Å². The standard InChI is InChI=1S/C14H20N2O5S/c1-22(18,19)16-9-10(7-13-12(16)4-6-21-13)14(17)15-8-11-3-2-5-20-11/h2-3,5,10,12-13H,4,6-9H2,1H3,(H,15,17)/t10-,12+,13+/m1/s1. The van der Waals surface area contributed by atoms with Crippen molar-refractivity contribution in [3.63, 3.8) is 0 Å². The van der Waals surface area contributed by atoms with Gasteiger partial charge in [-0.1, -0.05) is 0 Å². The Kier molecular flexibility index (Phi) is 4.24. The molecule has 0 aliphatic carbocycles. The Labute approximate surface area is 129 Å². The Morgan fingerprint density at radius 1 is 1.50 bits per heavy atom. The largest absolute Gasteiger partial charge is 0.467 e. The lowest BCUT2D eigenvalue weighted by Gasteiger charge is -2.38. The Hall–Kier alpha value is -1.38. The molecule has 3 heterocycles. The van der Waals surface area contributed by atoms with Crippen LogP contribution < -0.4 is 5.32 Å². The number of sulfonamides is 1. The third-order valence-corrected chi connectivity index (χ3v) is 5.55. The van der Waals surface area contributed by atoms with E-state index in [1.54, 1.807) is 18.4 Å². The fourth-order valence-corrected chi connectivity index (χ4v) is 4.39. The van der Waals surface area contributed by atoms with Crippen LogP contribution >= 0.6 is 0 Å². The molecule has 3 rings (SSSR count). The summed E-state index contributed by atoms with van der Waals surface area (Å²) in [4.78, 5) is 12.3. The van der Waals surface area contributed by atoms with Gasteiger partial charge in [-0.05, 0) is 25.0 Å². The number of ether oxygens (including phenoxy) is 1. The van der Waals surface area contributed by atoms with Crippen LogP contribution in [0, 0.1) is 5.92 Å². The first-order valence-corrected chi connectivity index (χ1v) is 9.18. The molecule has 8 heteroatoms. The summed E-state index contributed by atoms with van der Waals surface area (Å²) in [5.74, 6) is 0.0992. The van der Waals surface area contributed by atoms with E-state index in [1.807, 2.05) is 0 Å². The number of furan rings is 1. The zero-order valence-electron chi connectivity index (χ0n) is 12.4. The SMILES string of the molecule is CS(=O)(=O)N1C[C@H](C(=O)NCc2ccco2)C[C@@H]2OCC[C@@H]21. The number of nitrogens with one attached hydrogen (secondary N) is 1. The molecule has 2 aliphatic heterocycles. The Morgan fingerprint density at radius 3 is 3.00 bits per heavy atom. The predicted molar refractivity (Wildman–Crippen MR) is 78.4 cm³/mol. The van der Waals surface area contributed by atoms with Crippen molar-refractivity contribution < 1.29 is 22.4 Å². The average molecular weight is 328 g/mol. The highest BCUT2D eigenvalue weighted by molar-refractivity contribution is 7.88. The molecule has 0 aromatic carbocycles. The number of carbonyl (C=O) groups excluding carboxylic acids is 1. The van der Waals surface area contributed by atoms with Gasteiger partial charge in [-0.2, -0.15) is 4.31 Å². The van der Waals surface area contributed by atoms with Crippen LogP contribution in [0.2, 0.25) is 0 Å². The molecule has 2 saturated heterocycles. The Morgan fingerprint density at radius 2 is 2.32 bits per heavy atom. The van der Waals surface area contributed by atoms with Crippen LogP contribution in [0.3, 0.4) is 0 Å².